The third-order valence-corrected chi connectivity index (χ3v) is 3.07. The highest BCUT2D eigenvalue weighted by Crippen LogP contribution is 2.26. The smallest absolute Gasteiger partial charge is 0.0807 e. The summed E-state index contributed by atoms with van der Waals surface area (Å²) in [5, 5.41) is 7.59. The van der Waals surface area contributed by atoms with E-state index in [9.17, 15) is 0 Å². The fourth-order valence-corrected chi connectivity index (χ4v) is 2.41. The van der Waals surface area contributed by atoms with Crippen LogP contribution < -0.4 is 5.32 Å². The summed E-state index contributed by atoms with van der Waals surface area (Å²) in [7, 11) is 0. The van der Waals surface area contributed by atoms with Crippen LogP contribution in [0, 0.1) is 0 Å². The van der Waals surface area contributed by atoms with E-state index in [1.165, 1.54) is 16.4 Å². The van der Waals surface area contributed by atoms with Gasteiger partial charge in [-0.2, -0.15) is 0 Å². The number of nitrogens with one attached hydrogen (secondary N) is 1. The number of nitrogens with zero attached hydrogens (tertiary/aromatic N) is 2. The lowest BCUT2D eigenvalue weighted by Gasteiger charge is -2.16. The molecule has 0 radical (unpaired) electrons. The van der Waals surface area contributed by atoms with Gasteiger partial charge in [-0.25, -0.2) is 0 Å². The standard InChI is InChI=1S/C11H19N3S/c1-5-7-9-11(15-14-13-9)10(8(3)4)12-6-2/h10,12H,3,5-7H2,1-2,4H3. The Kier molecular flexibility index (Phi) is 4.91. The molecule has 1 aromatic heterocycles. The topological polar surface area (TPSA) is 37.8 Å². The number of aromatic nitrogens is 2. The highest BCUT2D eigenvalue weighted by molar-refractivity contribution is 7.05. The van der Waals surface area contributed by atoms with Gasteiger partial charge in [0, 0.05) is 0 Å². The highest BCUT2D eigenvalue weighted by Gasteiger charge is 2.18. The van der Waals surface area contributed by atoms with Crippen LogP contribution in [0.3, 0.4) is 0 Å². The summed E-state index contributed by atoms with van der Waals surface area (Å²) in [6.45, 7) is 11.3. The van der Waals surface area contributed by atoms with Gasteiger partial charge in [0.2, 0.25) is 0 Å². The summed E-state index contributed by atoms with van der Waals surface area (Å²) >= 11 is 1.48. The van der Waals surface area contributed by atoms with Crippen molar-refractivity contribution in [3.8, 4) is 0 Å². The molecule has 1 atom stereocenters. The van der Waals surface area contributed by atoms with Gasteiger partial charge < -0.3 is 5.32 Å². The van der Waals surface area contributed by atoms with E-state index in [1.807, 2.05) is 6.92 Å². The van der Waals surface area contributed by atoms with Crippen LogP contribution in [-0.4, -0.2) is 16.1 Å². The molecule has 0 aliphatic heterocycles. The Morgan fingerprint density at radius 3 is 2.80 bits per heavy atom. The maximum atomic E-state index is 4.18. The molecule has 1 rings (SSSR count). The molecule has 1 unspecified atom stereocenters. The lowest BCUT2D eigenvalue weighted by atomic mass is 10.1. The van der Waals surface area contributed by atoms with Crippen LogP contribution in [0.5, 0.6) is 0 Å². The Labute approximate surface area is 95.8 Å². The molecule has 15 heavy (non-hydrogen) atoms. The molecule has 3 nitrogen and oxygen atoms in total. The molecule has 0 aliphatic carbocycles. The molecule has 1 N–H and O–H groups in total. The van der Waals surface area contributed by atoms with E-state index in [4.69, 9.17) is 0 Å². The largest absolute Gasteiger partial charge is 0.306 e. The first-order valence-corrected chi connectivity index (χ1v) is 6.17. The molecule has 0 saturated carbocycles. The molecular weight excluding hydrogens is 206 g/mol. The zero-order chi connectivity index (χ0) is 11.3. The van der Waals surface area contributed by atoms with Crippen molar-refractivity contribution in [2.45, 2.75) is 39.7 Å². The van der Waals surface area contributed by atoms with Gasteiger partial charge in [-0.3, -0.25) is 0 Å². The number of aryl methyl sites for hydroxylation is 1. The van der Waals surface area contributed by atoms with Gasteiger partial charge in [-0.05, 0) is 31.4 Å². The van der Waals surface area contributed by atoms with Gasteiger partial charge in [0.15, 0.2) is 0 Å². The molecule has 0 fully saturated rings. The van der Waals surface area contributed by atoms with Gasteiger partial charge in [-0.15, -0.1) is 5.10 Å². The van der Waals surface area contributed by atoms with E-state index in [0.717, 1.165) is 30.7 Å². The van der Waals surface area contributed by atoms with Crippen LogP contribution in [0.2, 0.25) is 0 Å². The van der Waals surface area contributed by atoms with E-state index < -0.39 is 0 Å². The Bertz CT molecular complexity index is 319. The Hall–Kier alpha value is -0.740. The predicted octanol–water partition coefficient (Wildman–Crippen LogP) is 2.72. The van der Waals surface area contributed by atoms with Gasteiger partial charge in [0.25, 0.3) is 0 Å². The summed E-state index contributed by atoms with van der Waals surface area (Å²) < 4.78 is 4.04. The fourth-order valence-electron chi connectivity index (χ4n) is 1.54. The molecule has 0 aromatic carbocycles. The second kappa shape index (κ2) is 5.98. The highest BCUT2D eigenvalue weighted by atomic mass is 32.1. The molecule has 84 valence electrons. The average Bonchev–Trinajstić information content (AvgIpc) is 2.62. The average molecular weight is 225 g/mol. The zero-order valence-corrected chi connectivity index (χ0v) is 10.5. The van der Waals surface area contributed by atoms with Crippen molar-refractivity contribution in [1.29, 1.82) is 0 Å². The third kappa shape index (κ3) is 3.11. The van der Waals surface area contributed by atoms with E-state index in [2.05, 4.69) is 35.3 Å². The summed E-state index contributed by atoms with van der Waals surface area (Å²) in [6, 6.07) is 0.219. The van der Waals surface area contributed by atoms with Crippen molar-refractivity contribution in [2.75, 3.05) is 6.54 Å². The van der Waals surface area contributed by atoms with Gasteiger partial charge in [0.05, 0.1) is 16.6 Å². The van der Waals surface area contributed by atoms with E-state index >= 15 is 0 Å². The number of rotatable bonds is 6. The Balaban J connectivity index is 2.89. The first kappa shape index (κ1) is 12.3. The van der Waals surface area contributed by atoms with Gasteiger partial charge >= 0.3 is 0 Å². The number of likely N-dealkylation sites (N-methyl/N-ethyl adjacent to an activating group) is 1. The zero-order valence-electron chi connectivity index (χ0n) is 9.71. The molecule has 0 aliphatic rings. The number of hydrogen-bond donors (Lipinski definition) is 1. The van der Waals surface area contributed by atoms with Crippen molar-refractivity contribution >= 4 is 11.5 Å². The van der Waals surface area contributed by atoms with Crippen LogP contribution in [0.4, 0.5) is 0 Å². The first-order chi connectivity index (χ1) is 7.20. The minimum absolute atomic E-state index is 0.219. The normalized spacial score (nSPS) is 12.7. The second-order valence-electron chi connectivity index (χ2n) is 3.67. The minimum Gasteiger partial charge on any atom is -0.306 e. The lowest BCUT2D eigenvalue weighted by molar-refractivity contribution is 0.622. The van der Waals surface area contributed by atoms with E-state index in [-0.39, 0.29) is 6.04 Å². The Morgan fingerprint density at radius 2 is 2.27 bits per heavy atom. The molecule has 0 saturated heterocycles. The molecule has 1 heterocycles. The van der Waals surface area contributed by atoms with Crippen LogP contribution in [0.15, 0.2) is 12.2 Å². The third-order valence-electron chi connectivity index (χ3n) is 2.24. The number of hydrogen-bond acceptors (Lipinski definition) is 4. The summed E-state index contributed by atoms with van der Waals surface area (Å²) in [4.78, 5) is 1.23. The SMILES string of the molecule is C=C(C)C(NCC)c1snnc1CCC. The molecule has 0 bridgehead atoms. The molecular formula is C11H19N3S. The van der Waals surface area contributed by atoms with E-state index in [1.54, 1.807) is 0 Å². The van der Waals surface area contributed by atoms with Crippen LogP contribution in [-0.2, 0) is 6.42 Å². The summed E-state index contributed by atoms with van der Waals surface area (Å²) in [5.74, 6) is 0. The minimum atomic E-state index is 0.219. The van der Waals surface area contributed by atoms with Gasteiger partial charge in [-0.1, -0.05) is 36.9 Å². The van der Waals surface area contributed by atoms with Crippen molar-refractivity contribution in [3.05, 3.63) is 22.7 Å². The van der Waals surface area contributed by atoms with Crippen molar-refractivity contribution in [1.82, 2.24) is 14.9 Å². The van der Waals surface area contributed by atoms with Crippen molar-refractivity contribution in [2.24, 2.45) is 0 Å². The van der Waals surface area contributed by atoms with Crippen LogP contribution in [0.25, 0.3) is 0 Å². The van der Waals surface area contributed by atoms with Gasteiger partial charge in [0.1, 0.15) is 0 Å². The molecule has 4 heteroatoms. The quantitative estimate of drug-likeness (QED) is 0.756. The summed E-state index contributed by atoms with van der Waals surface area (Å²) in [5.41, 5.74) is 2.25. The van der Waals surface area contributed by atoms with Crippen molar-refractivity contribution < 1.29 is 0 Å². The van der Waals surface area contributed by atoms with Crippen LogP contribution >= 0.6 is 11.5 Å². The molecule has 0 spiro atoms. The van der Waals surface area contributed by atoms with Crippen LogP contribution in [0.1, 0.15) is 43.8 Å². The molecule has 0 amide bonds. The predicted molar refractivity (Wildman–Crippen MR) is 65.1 cm³/mol. The lowest BCUT2D eigenvalue weighted by Crippen LogP contribution is -2.21. The summed E-state index contributed by atoms with van der Waals surface area (Å²) in [6.07, 6.45) is 2.11. The maximum Gasteiger partial charge on any atom is 0.0807 e. The van der Waals surface area contributed by atoms with E-state index in [0.29, 0.717) is 0 Å². The monoisotopic (exact) mass is 225 g/mol. The molecule has 1 aromatic rings. The maximum absolute atomic E-state index is 4.18. The second-order valence-corrected chi connectivity index (χ2v) is 4.46. The Morgan fingerprint density at radius 1 is 1.53 bits per heavy atom. The van der Waals surface area contributed by atoms with Crippen molar-refractivity contribution in [3.63, 3.8) is 0 Å². The fraction of sp³-hybridized carbons (Fsp3) is 0.636. The first-order valence-electron chi connectivity index (χ1n) is 5.40.